The van der Waals surface area contributed by atoms with Gasteiger partial charge >= 0.3 is 0 Å². The first-order chi connectivity index (χ1) is 25.7. The molecule has 5 heterocycles. The van der Waals surface area contributed by atoms with Gasteiger partial charge in [0.2, 0.25) is 33.6 Å². The maximum atomic E-state index is 14.8. The Morgan fingerprint density at radius 2 is 1.87 bits per heavy atom. The number of nitrogens with one attached hydrogen (secondary N) is 2. The van der Waals surface area contributed by atoms with Crippen LogP contribution in [-0.2, 0) is 29.2 Å². The lowest BCUT2D eigenvalue weighted by atomic mass is 9.77. The smallest absolute Gasteiger partial charge is 0.259 e. The van der Waals surface area contributed by atoms with Crippen molar-refractivity contribution in [3.63, 3.8) is 0 Å². The van der Waals surface area contributed by atoms with E-state index >= 15 is 0 Å². The molecule has 7 rings (SSSR count). The highest BCUT2D eigenvalue weighted by atomic mass is 32.2. The number of carbonyl (C=O) groups is 4. The fraction of sp³-hybridized carbons (Fsp3) is 0.553. The first-order valence-corrected chi connectivity index (χ1v) is 21.0. The second-order valence-electron chi connectivity index (χ2n) is 15.9. The van der Waals surface area contributed by atoms with Crippen LogP contribution in [0, 0.1) is 17.3 Å². The summed E-state index contributed by atoms with van der Waals surface area (Å²) >= 11 is 1.40. The second kappa shape index (κ2) is 14.7. The molecule has 3 aromatic heterocycles. The van der Waals surface area contributed by atoms with E-state index < -0.39 is 62.0 Å². The summed E-state index contributed by atoms with van der Waals surface area (Å²) in [7, 11) is -3.89. The fourth-order valence-corrected chi connectivity index (χ4v) is 9.62. The van der Waals surface area contributed by atoms with Crippen molar-refractivity contribution in [1.29, 1.82) is 0 Å². The number of hydrogen-bond acceptors (Lipinski definition) is 11. The molecule has 16 heteroatoms. The van der Waals surface area contributed by atoms with Crippen LogP contribution in [0.25, 0.3) is 21.7 Å². The van der Waals surface area contributed by atoms with E-state index in [-0.39, 0.29) is 43.5 Å². The molecule has 2 aliphatic carbocycles. The van der Waals surface area contributed by atoms with Crippen molar-refractivity contribution in [2.24, 2.45) is 17.3 Å². The number of carbonyl (C=O) groups excluding carboxylic acids is 4. The highest BCUT2D eigenvalue weighted by Gasteiger charge is 2.62. The molecule has 0 radical (unpaired) electrons. The average molecular weight is 778 g/mol. The van der Waals surface area contributed by atoms with Gasteiger partial charge in [0.25, 0.3) is 5.91 Å². The molecule has 2 N–H and O–H groups in total. The Bertz CT molecular complexity index is 2060. The number of piperidine rings is 1. The first kappa shape index (κ1) is 37.9. The molecule has 0 bridgehead atoms. The number of fused-ring (bicyclic) bond motifs is 1. The number of hydrogen-bond donors (Lipinski definition) is 2. The van der Waals surface area contributed by atoms with E-state index in [1.807, 2.05) is 43.2 Å². The molecule has 0 unspecified atom stereocenters. The van der Waals surface area contributed by atoms with Crippen molar-refractivity contribution in [3.8, 4) is 17.4 Å². The zero-order valence-electron chi connectivity index (χ0n) is 30.8. The standard InChI is InChI=1S/C38H47N7O7S2/c1-5-23-21-38(23,36(49)43-54(50,51)25-12-13-25)42-33(47)29-19-24(52-34-31-27(14-18-53-31)40-32(41-34)28-11-7-8-15-39-28)22-45(29)35(48)26(37(2,3)4)20-30(46)44-16-9-6-10-17-44/h5,7-8,11,14-15,18,23-26,29H,1,6,9-10,12-13,16-17,19-22H2,2-4H3,(H,42,47)(H,43,49)/t23-,24-,26-,29+,38-/m1/s1. The Balaban J connectivity index is 1.18. The summed E-state index contributed by atoms with van der Waals surface area (Å²) in [5.74, 6) is -2.53. The molecule has 0 aromatic carbocycles. The minimum atomic E-state index is -3.89. The summed E-state index contributed by atoms with van der Waals surface area (Å²) in [5, 5.41) is 4.09. The van der Waals surface area contributed by atoms with Gasteiger partial charge in [0.05, 0.1) is 23.2 Å². The lowest BCUT2D eigenvalue weighted by Gasteiger charge is -2.36. The molecular formula is C38H47N7O7S2. The number of amides is 4. The van der Waals surface area contributed by atoms with E-state index in [4.69, 9.17) is 9.72 Å². The lowest BCUT2D eigenvalue weighted by molar-refractivity contribution is -0.148. The Morgan fingerprint density at radius 1 is 1.11 bits per heavy atom. The zero-order chi connectivity index (χ0) is 38.4. The molecule has 288 valence electrons. The summed E-state index contributed by atoms with van der Waals surface area (Å²) in [6, 6.07) is 6.18. The van der Waals surface area contributed by atoms with Gasteiger partial charge < -0.3 is 19.9 Å². The van der Waals surface area contributed by atoms with Gasteiger partial charge in [-0.3, -0.25) is 28.9 Å². The number of likely N-dealkylation sites (tertiary alicyclic amines) is 2. The Kier molecular flexibility index (Phi) is 10.3. The largest absolute Gasteiger partial charge is 0.471 e. The van der Waals surface area contributed by atoms with Gasteiger partial charge in [-0.2, -0.15) is 4.98 Å². The van der Waals surface area contributed by atoms with Crippen LogP contribution >= 0.6 is 11.3 Å². The molecule has 2 saturated carbocycles. The van der Waals surface area contributed by atoms with Gasteiger partial charge in [0.1, 0.15) is 28.1 Å². The van der Waals surface area contributed by atoms with E-state index in [0.29, 0.717) is 47.7 Å². The fourth-order valence-electron chi connectivity index (χ4n) is 7.49. The van der Waals surface area contributed by atoms with Crippen molar-refractivity contribution in [1.82, 2.24) is 34.8 Å². The van der Waals surface area contributed by atoms with Crippen molar-refractivity contribution in [2.45, 2.75) is 95.1 Å². The van der Waals surface area contributed by atoms with Crippen LogP contribution in [0.15, 0.2) is 48.5 Å². The van der Waals surface area contributed by atoms with Crippen LogP contribution in [-0.4, -0.2) is 99.4 Å². The summed E-state index contributed by atoms with van der Waals surface area (Å²) in [6.07, 6.45) is 6.50. The molecule has 14 nitrogen and oxygen atoms in total. The summed E-state index contributed by atoms with van der Waals surface area (Å²) in [5.41, 5.74) is -0.961. The third kappa shape index (κ3) is 7.72. The van der Waals surface area contributed by atoms with Crippen LogP contribution in [0.4, 0.5) is 0 Å². The van der Waals surface area contributed by atoms with E-state index in [2.05, 4.69) is 26.6 Å². The van der Waals surface area contributed by atoms with Crippen LogP contribution in [0.3, 0.4) is 0 Å². The zero-order valence-corrected chi connectivity index (χ0v) is 32.5. The summed E-state index contributed by atoms with van der Waals surface area (Å²) in [6.45, 7) is 10.8. The predicted octanol–water partition coefficient (Wildman–Crippen LogP) is 3.84. The van der Waals surface area contributed by atoms with Crippen LogP contribution in [0.5, 0.6) is 5.88 Å². The summed E-state index contributed by atoms with van der Waals surface area (Å²) < 4.78 is 34.9. The number of sulfonamides is 1. The SMILES string of the molecule is C=C[C@@H]1C[C@]1(NC(=O)[C@@H]1C[C@@H](Oc2nc(-c3ccccn3)nc3ccsc23)CN1C(=O)[C@@H](CC(=O)N1CCCCC1)C(C)(C)C)C(=O)NS(=O)(=O)C1CC1. The van der Waals surface area contributed by atoms with Gasteiger partial charge in [-0.15, -0.1) is 17.9 Å². The minimum Gasteiger partial charge on any atom is -0.471 e. The third-order valence-electron chi connectivity index (χ3n) is 11.0. The van der Waals surface area contributed by atoms with Crippen LogP contribution in [0.2, 0.25) is 0 Å². The Morgan fingerprint density at radius 3 is 2.52 bits per heavy atom. The molecular weight excluding hydrogens is 731 g/mol. The van der Waals surface area contributed by atoms with E-state index in [0.717, 1.165) is 19.3 Å². The van der Waals surface area contributed by atoms with Crippen molar-refractivity contribution in [2.75, 3.05) is 19.6 Å². The maximum Gasteiger partial charge on any atom is 0.259 e. The highest BCUT2D eigenvalue weighted by molar-refractivity contribution is 7.91. The van der Waals surface area contributed by atoms with Crippen molar-refractivity contribution >= 4 is 55.2 Å². The van der Waals surface area contributed by atoms with E-state index in [1.54, 1.807) is 18.3 Å². The van der Waals surface area contributed by atoms with Crippen LogP contribution in [0.1, 0.15) is 72.1 Å². The Labute approximate surface area is 319 Å². The van der Waals surface area contributed by atoms with Crippen molar-refractivity contribution < 1.29 is 32.3 Å². The predicted molar refractivity (Wildman–Crippen MR) is 202 cm³/mol. The second-order valence-corrected chi connectivity index (χ2v) is 18.8. The maximum absolute atomic E-state index is 14.8. The number of rotatable bonds is 12. The van der Waals surface area contributed by atoms with Gasteiger partial charge in [-0.1, -0.05) is 32.9 Å². The van der Waals surface area contributed by atoms with Crippen molar-refractivity contribution in [3.05, 3.63) is 48.5 Å². The number of pyridine rings is 1. The van der Waals surface area contributed by atoms with Gasteiger partial charge in [-0.05, 0) is 67.5 Å². The Hall–Kier alpha value is -4.44. The highest BCUT2D eigenvalue weighted by Crippen LogP contribution is 2.46. The lowest BCUT2D eigenvalue weighted by Crippen LogP contribution is -2.57. The minimum absolute atomic E-state index is 0.0112. The molecule has 4 fully saturated rings. The monoisotopic (exact) mass is 777 g/mol. The number of nitrogens with zero attached hydrogens (tertiary/aromatic N) is 5. The average Bonchev–Trinajstić information content (AvgIpc) is 4.04. The van der Waals surface area contributed by atoms with Crippen LogP contribution < -0.4 is 14.8 Å². The quantitative estimate of drug-likeness (QED) is 0.257. The third-order valence-corrected chi connectivity index (χ3v) is 13.7. The molecule has 4 aliphatic rings. The molecule has 3 aromatic rings. The molecule has 2 aliphatic heterocycles. The molecule has 4 amide bonds. The number of thiophene rings is 1. The van der Waals surface area contributed by atoms with Gasteiger partial charge in [0.15, 0.2) is 5.82 Å². The molecule has 5 atom stereocenters. The normalized spacial score (nSPS) is 24.8. The number of aromatic nitrogens is 3. The molecule has 0 spiro atoms. The first-order valence-electron chi connectivity index (χ1n) is 18.6. The molecule has 2 saturated heterocycles. The van der Waals surface area contributed by atoms with E-state index in [9.17, 15) is 27.6 Å². The van der Waals surface area contributed by atoms with Gasteiger partial charge in [-0.25, -0.2) is 13.4 Å². The topological polar surface area (TPSA) is 181 Å². The van der Waals surface area contributed by atoms with E-state index in [1.165, 1.54) is 22.3 Å². The summed E-state index contributed by atoms with van der Waals surface area (Å²) in [4.78, 5) is 73.4. The number of ether oxygens (including phenoxy) is 1. The molecule has 54 heavy (non-hydrogen) atoms. The van der Waals surface area contributed by atoms with Gasteiger partial charge in [0, 0.05) is 38.0 Å².